The normalized spacial score (nSPS) is 18.9. The zero-order chi connectivity index (χ0) is 33.5. The van der Waals surface area contributed by atoms with E-state index in [2.05, 4.69) is 19.7 Å². The average molecular weight is 648 g/mol. The van der Waals surface area contributed by atoms with E-state index in [1.54, 1.807) is 37.8 Å². The summed E-state index contributed by atoms with van der Waals surface area (Å²) in [5.41, 5.74) is -0.921. The van der Waals surface area contributed by atoms with E-state index in [0.717, 1.165) is 25.5 Å². The van der Waals surface area contributed by atoms with Crippen molar-refractivity contribution >= 4 is 33.6 Å². The van der Waals surface area contributed by atoms with E-state index in [4.69, 9.17) is 21.0 Å². The van der Waals surface area contributed by atoms with Crippen LogP contribution >= 0.6 is 0 Å². The van der Waals surface area contributed by atoms with Gasteiger partial charge in [-0.1, -0.05) is 24.3 Å². The number of anilines is 1. The van der Waals surface area contributed by atoms with Gasteiger partial charge >= 0.3 is 12.1 Å². The third kappa shape index (κ3) is 6.47. The van der Waals surface area contributed by atoms with Crippen molar-refractivity contribution in [2.75, 3.05) is 51.3 Å². The molecule has 1 amide bonds. The van der Waals surface area contributed by atoms with Gasteiger partial charge in [0.1, 0.15) is 35.3 Å². The molecule has 0 radical (unpaired) electrons. The Balaban J connectivity index is 1.43. The first-order chi connectivity index (χ1) is 22.4. The molecule has 13 heteroatoms. The lowest BCUT2D eigenvalue weighted by Crippen LogP contribution is -2.57. The summed E-state index contributed by atoms with van der Waals surface area (Å²) in [5, 5.41) is 0.578. The molecule has 246 valence electrons. The van der Waals surface area contributed by atoms with E-state index in [1.807, 2.05) is 11.9 Å². The Hall–Kier alpha value is -4.70. The van der Waals surface area contributed by atoms with Crippen molar-refractivity contribution in [2.24, 2.45) is 0 Å². The molecule has 2 aromatic heterocycles. The Morgan fingerprint density at radius 1 is 1.06 bits per heavy atom. The van der Waals surface area contributed by atoms with Gasteiger partial charge in [-0.25, -0.2) is 24.5 Å². The van der Waals surface area contributed by atoms with Crippen molar-refractivity contribution in [2.45, 2.75) is 51.3 Å². The molecule has 4 aromatic rings. The van der Waals surface area contributed by atoms with E-state index in [1.165, 1.54) is 18.3 Å². The second-order valence-electron chi connectivity index (χ2n) is 13.0. The number of pyridine rings is 1. The van der Waals surface area contributed by atoms with Gasteiger partial charge in [0.15, 0.2) is 17.5 Å². The smallest absolute Gasteiger partial charge is 0.410 e. The fourth-order valence-electron chi connectivity index (χ4n) is 6.25. The van der Waals surface area contributed by atoms with Crippen molar-refractivity contribution < 1.29 is 27.4 Å². The number of likely N-dealkylation sites (tertiary alicyclic amines) is 1. The minimum Gasteiger partial charge on any atom is -0.462 e. The summed E-state index contributed by atoms with van der Waals surface area (Å²) in [6, 6.07) is 6.76. The summed E-state index contributed by atoms with van der Waals surface area (Å²) in [7, 11) is 2.01. The topological polar surface area (TPSA) is 88.3 Å². The second-order valence-corrected chi connectivity index (χ2v) is 13.0. The van der Waals surface area contributed by atoms with E-state index < -0.39 is 35.2 Å². The van der Waals surface area contributed by atoms with Crippen LogP contribution in [0.5, 0.6) is 6.01 Å². The Kier molecular flexibility index (Phi) is 8.80. The van der Waals surface area contributed by atoms with Crippen LogP contribution in [0.1, 0.15) is 33.6 Å². The fourth-order valence-corrected chi connectivity index (χ4v) is 6.25. The van der Waals surface area contributed by atoms with Crippen LogP contribution in [0.4, 0.5) is 23.8 Å². The Bertz CT molecular complexity index is 1880. The number of ether oxygens (including phenoxy) is 2. The predicted octanol–water partition coefficient (Wildman–Crippen LogP) is 6.08. The van der Waals surface area contributed by atoms with E-state index in [-0.39, 0.29) is 59.2 Å². The first kappa shape index (κ1) is 32.2. The minimum absolute atomic E-state index is 0.0239. The fraction of sp³-hybridized carbons (Fsp3) is 0.441. The Morgan fingerprint density at radius 3 is 2.60 bits per heavy atom. The van der Waals surface area contributed by atoms with Gasteiger partial charge in [0, 0.05) is 42.8 Å². The number of halogens is 3. The predicted molar refractivity (Wildman–Crippen MR) is 172 cm³/mol. The highest BCUT2D eigenvalue weighted by molar-refractivity contribution is 5.99. The van der Waals surface area contributed by atoms with Crippen LogP contribution < -0.4 is 9.64 Å². The number of fused-ring (bicyclic) bond motifs is 2. The number of aromatic nitrogens is 3. The highest BCUT2D eigenvalue weighted by Gasteiger charge is 2.37. The quantitative estimate of drug-likeness (QED) is 0.233. The van der Waals surface area contributed by atoms with Crippen LogP contribution in [0.2, 0.25) is 0 Å². The number of nitrogens with zero attached hydrogens (tertiary/aromatic N) is 7. The van der Waals surface area contributed by atoms with Crippen LogP contribution in [-0.4, -0.2) is 94.9 Å². The summed E-state index contributed by atoms with van der Waals surface area (Å²) >= 11 is 0. The van der Waals surface area contributed by atoms with Crippen LogP contribution in [0.15, 0.2) is 36.5 Å². The number of amides is 1. The van der Waals surface area contributed by atoms with Crippen molar-refractivity contribution in [3.8, 4) is 17.3 Å². The molecule has 2 saturated heterocycles. The van der Waals surface area contributed by atoms with Crippen LogP contribution in [-0.2, 0) is 4.74 Å². The van der Waals surface area contributed by atoms with Gasteiger partial charge in [0.2, 0.25) is 6.54 Å². The summed E-state index contributed by atoms with van der Waals surface area (Å²) in [6.45, 7) is 14.9. The van der Waals surface area contributed by atoms with Crippen LogP contribution in [0, 0.1) is 24.0 Å². The lowest BCUT2D eigenvalue weighted by atomic mass is 10.00. The summed E-state index contributed by atoms with van der Waals surface area (Å²) in [6.07, 6.45) is 2.87. The molecule has 10 nitrogen and oxygen atoms in total. The van der Waals surface area contributed by atoms with Crippen molar-refractivity contribution in [3.05, 3.63) is 65.4 Å². The van der Waals surface area contributed by atoms with Gasteiger partial charge in [-0.3, -0.25) is 9.88 Å². The number of piperazine rings is 1. The van der Waals surface area contributed by atoms with Gasteiger partial charge in [0.05, 0.1) is 5.39 Å². The standard InChI is InChI=1S/C34H36F3N7O3/c1-34(2,3)47-33(45)44-15-14-43(18-22(44)16-38-4)31-24-17-39-29(23-10-6-8-20-11-12-25(35)27(36)26(20)23)28(37)30(24)40-32(41-31)46-19-21-9-7-13-42(21)5/h6,8,10-12,17,21-22H,7,9,13-16,18-19H2,1-3,5H3/t21-,22-/m0/s1. The molecular formula is C34H36F3N7O3. The molecule has 2 aliphatic heterocycles. The number of hydrogen-bond acceptors (Lipinski definition) is 8. The highest BCUT2D eigenvalue weighted by Crippen LogP contribution is 2.37. The first-order valence-corrected chi connectivity index (χ1v) is 15.6. The molecule has 2 atom stereocenters. The maximum absolute atomic E-state index is 16.6. The molecule has 0 spiro atoms. The third-order valence-electron chi connectivity index (χ3n) is 8.62. The molecule has 0 N–H and O–H groups in total. The van der Waals surface area contributed by atoms with Gasteiger partial charge in [-0.15, -0.1) is 0 Å². The maximum atomic E-state index is 16.6. The molecule has 2 aliphatic rings. The molecule has 4 heterocycles. The largest absolute Gasteiger partial charge is 0.462 e. The van der Waals surface area contributed by atoms with E-state index in [9.17, 15) is 9.18 Å². The molecule has 0 bridgehead atoms. The third-order valence-corrected chi connectivity index (χ3v) is 8.62. The number of benzene rings is 2. The number of carbonyl (C=O) groups is 1. The number of carbonyl (C=O) groups excluding carboxylic acids is 1. The Morgan fingerprint density at radius 2 is 1.87 bits per heavy atom. The molecule has 47 heavy (non-hydrogen) atoms. The summed E-state index contributed by atoms with van der Waals surface area (Å²) < 4.78 is 57.7. The number of rotatable bonds is 6. The SMILES string of the molecule is [C-]#[N+]C[C@H]1CN(c2nc(OC[C@@H]3CCCN3C)nc3c(F)c(-c4cccc5ccc(F)c(F)c45)ncc23)CCN1C(=O)OC(C)(C)C. The summed E-state index contributed by atoms with van der Waals surface area (Å²) in [5.74, 6) is -2.66. The van der Waals surface area contributed by atoms with Crippen molar-refractivity contribution in [1.82, 2.24) is 24.8 Å². The second kappa shape index (κ2) is 12.8. The van der Waals surface area contributed by atoms with Gasteiger partial charge < -0.3 is 24.1 Å². The molecule has 0 unspecified atom stereocenters. The number of hydrogen-bond donors (Lipinski definition) is 0. The first-order valence-electron chi connectivity index (χ1n) is 15.6. The zero-order valence-electron chi connectivity index (χ0n) is 26.8. The lowest BCUT2D eigenvalue weighted by molar-refractivity contribution is 0.0155. The highest BCUT2D eigenvalue weighted by atomic mass is 19.2. The van der Waals surface area contributed by atoms with Gasteiger partial charge in [0.25, 0.3) is 0 Å². The van der Waals surface area contributed by atoms with Gasteiger partial charge in [-0.2, -0.15) is 9.97 Å². The average Bonchev–Trinajstić information content (AvgIpc) is 3.45. The molecular weight excluding hydrogens is 611 g/mol. The molecule has 0 aliphatic carbocycles. The summed E-state index contributed by atoms with van der Waals surface area (Å²) in [4.78, 5) is 35.7. The lowest BCUT2D eigenvalue weighted by Gasteiger charge is -2.40. The van der Waals surface area contributed by atoms with Crippen molar-refractivity contribution in [3.63, 3.8) is 0 Å². The van der Waals surface area contributed by atoms with E-state index >= 15 is 8.78 Å². The van der Waals surface area contributed by atoms with Gasteiger partial charge in [-0.05, 0) is 58.7 Å². The Labute approximate surface area is 270 Å². The minimum atomic E-state index is -1.10. The molecule has 6 rings (SSSR count). The van der Waals surface area contributed by atoms with Crippen LogP contribution in [0.3, 0.4) is 0 Å². The molecule has 2 fully saturated rings. The zero-order valence-corrected chi connectivity index (χ0v) is 26.8. The van der Waals surface area contributed by atoms with E-state index in [0.29, 0.717) is 24.4 Å². The molecule has 2 aromatic carbocycles. The number of likely N-dealkylation sites (N-methyl/N-ethyl adjacent to an activating group) is 1. The van der Waals surface area contributed by atoms with Crippen molar-refractivity contribution in [1.29, 1.82) is 0 Å². The monoisotopic (exact) mass is 647 g/mol. The maximum Gasteiger partial charge on any atom is 0.410 e. The van der Waals surface area contributed by atoms with Crippen LogP contribution in [0.25, 0.3) is 37.8 Å². The molecule has 0 saturated carbocycles.